The molecule has 1 aliphatic heterocycles. The van der Waals surface area contributed by atoms with Gasteiger partial charge in [-0.25, -0.2) is 0 Å². The number of amides is 4. The van der Waals surface area contributed by atoms with Crippen LogP contribution < -0.4 is 16.0 Å². The second-order valence-corrected chi connectivity index (χ2v) is 17.7. The number of carbonyl (C=O) groups is 5. The van der Waals surface area contributed by atoms with Gasteiger partial charge in [0, 0.05) is 43.8 Å². The lowest BCUT2D eigenvalue weighted by atomic mass is 9.77. The van der Waals surface area contributed by atoms with Gasteiger partial charge in [-0.1, -0.05) is 87.7 Å². The van der Waals surface area contributed by atoms with E-state index in [0.29, 0.717) is 32.2 Å². The van der Waals surface area contributed by atoms with Crippen molar-refractivity contribution in [1.82, 2.24) is 20.9 Å². The molecule has 11 nitrogen and oxygen atoms in total. The van der Waals surface area contributed by atoms with Gasteiger partial charge in [-0.3, -0.25) is 24.0 Å². The number of nitrogens with zero attached hydrogens (tertiary/aromatic N) is 1. The maximum absolute atomic E-state index is 14.8. The lowest BCUT2D eigenvalue weighted by Gasteiger charge is -2.44. The number of carbonyl (C=O) groups excluding carboxylic acids is 5. The largest absolute Gasteiger partial charge is 0.465 e. The predicted octanol–water partition coefficient (Wildman–Crippen LogP) is 5.07. The van der Waals surface area contributed by atoms with Crippen molar-refractivity contribution in [1.29, 1.82) is 0 Å². The minimum atomic E-state index is -1.55. The van der Waals surface area contributed by atoms with E-state index in [1.807, 2.05) is 37.7 Å². The molecule has 1 unspecified atom stereocenters. The third-order valence-corrected chi connectivity index (χ3v) is 14.3. The van der Waals surface area contributed by atoms with Crippen molar-refractivity contribution in [2.45, 2.75) is 133 Å². The number of ether oxygens (including phenoxy) is 1. The number of hydrogen-bond acceptors (Lipinski definition) is 7. The summed E-state index contributed by atoms with van der Waals surface area (Å²) in [6.07, 6.45) is 7.88. The van der Waals surface area contributed by atoms with Crippen molar-refractivity contribution in [2.75, 3.05) is 20.2 Å². The maximum atomic E-state index is 14.8. The van der Waals surface area contributed by atoms with Gasteiger partial charge in [0.15, 0.2) is 6.10 Å². The van der Waals surface area contributed by atoms with Crippen LogP contribution >= 0.6 is 0 Å². The van der Waals surface area contributed by atoms with E-state index in [2.05, 4.69) is 40.2 Å². The van der Waals surface area contributed by atoms with Crippen LogP contribution in [0.2, 0.25) is 6.55 Å². The van der Waals surface area contributed by atoms with E-state index in [-0.39, 0.29) is 64.6 Å². The topological polar surface area (TPSA) is 154 Å². The molecular weight excluding hydrogens is 725 g/mol. The molecule has 6 rings (SSSR count). The average molecular weight is 785 g/mol. The highest BCUT2D eigenvalue weighted by Crippen LogP contribution is 2.44. The van der Waals surface area contributed by atoms with Gasteiger partial charge in [-0.05, 0) is 86.0 Å². The monoisotopic (exact) mass is 784 g/mol. The number of aliphatic hydroxyl groups excluding tert-OH is 1. The zero-order chi connectivity index (χ0) is 39.8. The SMILES string of the molecule is CCC[C@]([Si]C)(C(=O)N[C@@H](C[C@@H]1CCCNC1=O)C(O)C(=O)NC1CC1)N(C)C(=O)[C@H](CCC(=O)OCC1c2ccccc2-c2ccccc21)C1CCCCC1. The fraction of sp³-hybridized carbons (Fsp3) is 0.614. The molecule has 4 N–H and O–H groups in total. The quantitative estimate of drug-likeness (QED) is 0.122. The molecule has 2 aromatic rings. The smallest absolute Gasteiger partial charge is 0.305 e. The Bertz CT molecular complexity index is 1680. The normalized spacial score (nSPS) is 21.0. The molecule has 12 heteroatoms. The number of likely N-dealkylation sites (N-methyl/N-ethyl adjacent to an activating group) is 1. The van der Waals surface area contributed by atoms with E-state index < -0.39 is 41.0 Å². The summed E-state index contributed by atoms with van der Waals surface area (Å²) >= 11 is 0. The van der Waals surface area contributed by atoms with Crippen LogP contribution in [0.25, 0.3) is 11.1 Å². The molecule has 4 aliphatic rings. The fourth-order valence-corrected chi connectivity index (χ4v) is 10.6. The lowest BCUT2D eigenvalue weighted by molar-refractivity contribution is -0.149. The van der Waals surface area contributed by atoms with Gasteiger partial charge in [0.25, 0.3) is 5.91 Å². The Morgan fingerprint density at radius 2 is 1.62 bits per heavy atom. The number of fused-ring (bicyclic) bond motifs is 3. The molecule has 5 atom stereocenters. The Morgan fingerprint density at radius 3 is 2.23 bits per heavy atom. The van der Waals surface area contributed by atoms with Crippen molar-refractivity contribution in [3.05, 3.63) is 59.7 Å². The van der Waals surface area contributed by atoms with Crippen LogP contribution in [0.1, 0.15) is 114 Å². The van der Waals surface area contributed by atoms with E-state index in [1.165, 1.54) is 0 Å². The summed E-state index contributed by atoms with van der Waals surface area (Å²) in [6, 6.07) is 15.4. The Hall–Kier alpha value is -4.03. The van der Waals surface area contributed by atoms with Crippen LogP contribution in [0, 0.1) is 17.8 Å². The van der Waals surface area contributed by atoms with Crippen LogP contribution in [0.5, 0.6) is 0 Å². The van der Waals surface area contributed by atoms with E-state index in [0.717, 1.165) is 73.6 Å². The van der Waals surface area contributed by atoms with Gasteiger partial charge in [0.05, 0.1) is 15.6 Å². The van der Waals surface area contributed by atoms with Gasteiger partial charge in [-0.15, -0.1) is 0 Å². The van der Waals surface area contributed by atoms with Crippen LogP contribution in [0.3, 0.4) is 0 Å². The van der Waals surface area contributed by atoms with Gasteiger partial charge in [0.2, 0.25) is 17.7 Å². The number of esters is 1. The van der Waals surface area contributed by atoms with E-state index in [1.54, 1.807) is 11.9 Å². The Labute approximate surface area is 334 Å². The number of aliphatic hydroxyl groups is 1. The Kier molecular flexibility index (Phi) is 14.1. The molecule has 2 aromatic carbocycles. The molecule has 1 heterocycles. The number of piperidine rings is 1. The summed E-state index contributed by atoms with van der Waals surface area (Å²) in [5.74, 6) is -2.58. The van der Waals surface area contributed by atoms with Gasteiger partial charge < -0.3 is 30.7 Å². The molecule has 0 spiro atoms. The molecule has 302 valence electrons. The summed E-state index contributed by atoms with van der Waals surface area (Å²) in [4.78, 5) is 70.5. The summed E-state index contributed by atoms with van der Waals surface area (Å²) in [6.45, 7) is 4.67. The van der Waals surface area contributed by atoms with Gasteiger partial charge in [-0.2, -0.15) is 0 Å². The summed E-state index contributed by atoms with van der Waals surface area (Å²) < 4.78 is 5.95. The minimum Gasteiger partial charge on any atom is -0.465 e. The van der Waals surface area contributed by atoms with E-state index in [9.17, 15) is 29.1 Å². The summed E-state index contributed by atoms with van der Waals surface area (Å²) in [7, 11) is 1.68. The first-order valence-corrected chi connectivity index (χ1v) is 22.5. The highest BCUT2D eigenvalue weighted by molar-refractivity contribution is 6.46. The van der Waals surface area contributed by atoms with Gasteiger partial charge >= 0.3 is 5.97 Å². The van der Waals surface area contributed by atoms with Crippen molar-refractivity contribution in [2.24, 2.45) is 17.8 Å². The molecule has 0 bridgehead atoms. The molecule has 3 aliphatic carbocycles. The lowest BCUT2D eigenvalue weighted by Crippen LogP contribution is -2.66. The zero-order valence-corrected chi connectivity index (χ0v) is 34.3. The average Bonchev–Trinajstić information content (AvgIpc) is 3.98. The van der Waals surface area contributed by atoms with Crippen LogP contribution in [-0.2, 0) is 28.7 Å². The highest BCUT2D eigenvalue weighted by Gasteiger charge is 2.47. The third-order valence-electron chi connectivity index (χ3n) is 12.7. The number of rotatable bonds is 18. The molecule has 3 fully saturated rings. The van der Waals surface area contributed by atoms with E-state index in [4.69, 9.17) is 4.74 Å². The highest BCUT2D eigenvalue weighted by atomic mass is 28.2. The van der Waals surface area contributed by atoms with E-state index >= 15 is 0 Å². The fourth-order valence-electron chi connectivity index (χ4n) is 9.32. The predicted molar refractivity (Wildman–Crippen MR) is 215 cm³/mol. The summed E-state index contributed by atoms with van der Waals surface area (Å²) in [5.41, 5.74) is 4.61. The Balaban J connectivity index is 1.17. The Morgan fingerprint density at radius 1 is 0.964 bits per heavy atom. The molecular formula is C44H60N4O7Si. The third kappa shape index (κ3) is 9.39. The first-order chi connectivity index (χ1) is 27.1. The molecule has 4 amide bonds. The molecule has 2 radical (unpaired) electrons. The molecule has 1 saturated heterocycles. The number of nitrogens with one attached hydrogen (secondary N) is 3. The first kappa shape index (κ1) is 41.6. The second-order valence-electron chi connectivity index (χ2n) is 16.4. The van der Waals surface area contributed by atoms with Crippen LogP contribution in [0.15, 0.2) is 48.5 Å². The molecule has 2 saturated carbocycles. The zero-order valence-electron chi connectivity index (χ0n) is 33.3. The standard InChI is InChI=1S/C44H60N4O7Si/c1-4-24-44(56-3,43(54)47-37(26-29-15-12-25-45-40(29)51)39(50)41(52)46-30-20-21-30)48(2)42(53)31(28-13-6-5-7-14-28)22-23-38(49)55-27-36-34-18-10-8-16-32(34)33-17-9-11-19-35(33)36/h8-11,16-19,28-31,36-37,39,50H,4-7,12-15,20-27H2,1-3H3,(H,45,51)(H,46,52)(H,47,54)/t29-,31+,37-,39?,44-/m0/s1. The number of benzene rings is 2. The van der Waals surface area contributed by atoms with Crippen molar-refractivity contribution >= 4 is 39.1 Å². The van der Waals surface area contributed by atoms with Crippen molar-refractivity contribution in [3.63, 3.8) is 0 Å². The van der Waals surface area contributed by atoms with Crippen molar-refractivity contribution < 1.29 is 33.8 Å². The van der Waals surface area contributed by atoms with Crippen molar-refractivity contribution in [3.8, 4) is 11.1 Å². The minimum absolute atomic E-state index is 0.0108. The van der Waals surface area contributed by atoms with Crippen LogP contribution in [-0.4, -0.2) is 92.7 Å². The number of hydrogen-bond donors (Lipinski definition) is 4. The molecule has 0 aromatic heterocycles. The molecule has 56 heavy (non-hydrogen) atoms. The maximum Gasteiger partial charge on any atom is 0.305 e. The first-order valence-electron chi connectivity index (χ1n) is 21.0. The second kappa shape index (κ2) is 18.9. The summed E-state index contributed by atoms with van der Waals surface area (Å²) in [5, 5.41) is 18.8. The van der Waals surface area contributed by atoms with Crippen LogP contribution in [0.4, 0.5) is 0 Å². The van der Waals surface area contributed by atoms with Gasteiger partial charge in [0.1, 0.15) is 11.8 Å².